The van der Waals surface area contributed by atoms with Gasteiger partial charge in [-0.1, -0.05) is 35.3 Å². The number of carbonyl (C=O) groups is 2. The van der Waals surface area contributed by atoms with E-state index in [0.29, 0.717) is 27.0 Å². The fourth-order valence-corrected chi connectivity index (χ4v) is 4.94. The molecule has 1 aliphatic heterocycles. The molecule has 4 rings (SSSR count). The lowest BCUT2D eigenvalue weighted by Crippen LogP contribution is -2.27. The molecule has 8 heteroatoms. The summed E-state index contributed by atoms with van der Waals surface area (Å²) in [5.74, 6) is 0.176. The summed E-state index contributed by atoms with van der Waals surface area (Å²) in [6.07, 6.45) is 0. The Balaban J connectivity index is 1.56. The highest BCUT2D eigenvalue weighted by Gasteiger charge is 2.34. The van der Waals surface area contributed by atoms with Crippen LogP contribution in [0.5, 0.6) is 0 Å². The zero-order chi connectivity index (χ0) is 22.8. The quantitative estimate of drug-likeness (QED) is 0.474. The first-order valence-corrected chi connectivity index (χ1v) is 11.7. The van der Waals surface area contributed by atoms with Crippen molar-refractivity contribution in [2.24, 2.45) is 0 Å². The van der Waals surface area contributed by atoms with Gasteiger partial charge in [-0.2, -0.15) is 0 Å². The molecule has 0 aromatic heterocycles. The second-order valence-corrected chi connectivity index (χ2v) is 9.43. The Morgan fingerprint density at radius 2 is 1.78 bits per heavy atom. The number of hydrogen-bond acceptors (Lipinski definition) is 4. The standard InChI is InChI=1S/C24H21Cl2N3O2S/c1-28(2)18-7-9-19(10-8-18)29-22(30)14-32-24(29)16-4-3-5-17(12-16)27-23(31)15-6-11-20(25)21(26)13-15/h3-13,24H,14H2,1-2H3,(H,27,31)/t24-/m0/s1. The summed E-state index contributed by atoms with van der Waals surface area (Å²) in [6, 6.07) is 20.2. The normalized spacial score (nSPS) is 15.7. The largest absolute Gasteiger partial charge is 0.378 e. The lowest BCUT2D eigenvalue weighted by atomic mass is 10.1. The third kappa shape index (κ3) is 4.72. The minimum absolute atomic E-state index is 0.0582. The van der Waals surface area contributed by atoms with Crippen molar-refractivity contribution in [1.29, 1.82) is 0 Å². The lowest BCUT2D eigenvalue weighted by Gasteiger charge is -2.25. The van der Waals surface area contributed by atoms with Gasteiger partial charge < -0.3 is 10.2 Å². The van der Waals surface area contributed by atoms with Crippen LogP contribution < -0.4 is 15.1 Å². The molecule has 0 aliphatic carbocycles. The average molecular weight is 486 g/mol. The fraction of sp³-hybridized carbons (Fsp3) is 0.167. The molecule has 164 valence electrons. The number of carbonyl (C=O) groups excluding carboxylic acids is 2. The maximum atomic E-state index is 12.7. The van der Waals surface area contributed by atoms with Gasteiger partial charge in [0.1, 0.15) is 5.37 Å². The highest BCUT2D eigenvalue weighted by atomic mass is 35.5. The summed E-state index contributed by atoms with van der Waals surface area (Å²) in [4.78, 5) is 29.2. The van der Waals surface area contributed by atoms with Gasteiger partial charge in [0.15, 0.2) is 0 Å². The summed E-state index contributed by atoms with van der Waals surface area (Å²) < 4.78 is 0. The van der Waals surface area contributed by atoms with Crippen LogP contribution in [0.2, 0.25) is 10.0 Å². The Morgan fingerprint density at radius 3 is 2.47 bits per heavy atom. The van der Waals surface area contributed by atoms with Gasteiger partial charge in [-0.3, -0.25) is 14.5 Å². The number of halogens is 2. The average Bonchev–Trinajstić information content (AvgIpc) is 3.17. The number of anilines is 3. The molecule has 3 aromatic carbocycles. The van der Waals surface area contributed by atoms with Crippen LogP contribution in [0.1, 0.15) is 21.3 Å². The van der Waals surface area contributed by atoms with Gasteiger partial charge in [-0.15, -0.1) is 11.8 Å². The van der Waals surface area contributed by atoms with E-state index < -0.39 is 0 Å². The van der Waals surface area contributed by atoms with Crippen molar-refractivity contribution < 1.29 is 9.59 Å². The molecule has 1 atom stereocenters. The second-order valence-electron chi connectivity index (χ2n) is 7.55. The van der Waals surface area contributed by atoms with Crippen LogP contribution in [-0.4, -0.2) is 31.7 Å². The lowest BCUT2D eigenvalue weighted by molar-refractivity contribution is -0.115. The van der Waals surface area contributed by atoms with E-state index in [1.165, 1.54) is 6.07 Å². The Morgan fingerprint density at radius 1 is 1.03 bits per heavy atom. The predicted molar refractivity (Wildman–Crippen MR) is 134 cm³/mol. The smallest absolute Gasteiger partial charge is 0.255 e. The summed E-state index contributed by atoms with van der Waals surface area (Å²) in [5.41, 5.74) is 3.90. The summed E-state index contributed by atoms with van der Waals surface area (Å²) in [7, 11) is 3.96. The number of rotatable bonds is 5. The van der Waals surface area contributed by atoms with Crippen molar-refractivity contribution >= 4 is 63.8 Å². The highest BCUT2D eigenvalue weighted by molar-refractivity contribution is 8.00. The Hall–Kier alpha value is -2.67. The zero-order valence-electron chi connectivity index (χ0n) is 17.5. The molecule has 0 saturated carbocycles. The van der Waals surface area contributed by atoms with Crippen molar-refractivity contribution in [2.75, 3.05) is 35.0 Å². The van der Waals surface area contributed by atoms with E-state index in [2.05, 4.69) is 5.32 Å². The Bertz CT molecular complexity index is 1170. The van der Waals surface area contributed by atoms with E-state index in [9.17, 15) is 9.59 Å². The van der Waals surface area contributed by atoms with Crippen LogP contribution in [0.15, 0.2) is 66.7 Å². The van der Waals surface area contributed by atoms with Crippen LogP contribution in [0.3, 0.4) is 0 Å². The van der Waals surface area contributed by atoms with E-state index in [4.69, 9.17) is 23.2 Å². The Kier molecular flexibility index (Phi) is 6.65. The summed E-state index contributed by atoms with van der Waals surface area (Å²) in [5, 5.41) is 3.44. The SMILES string of the molecule is CN(C)c1ccc(N2C(=O)CS[C@H]2c2cccc(NC(=O)c3ccc(Cl)c(Cl)c3)c2)cc1. The number of nitrogens with zero attached hydrogens (tertiary/aromatic N) is 2. The molecule has 0 bridgehead atoms. The molecule has 1 fully saturated rings. The molecule has 5 nitrogen and oxygen atoms in total. The molecule has 3 aromatic rings. The topological polar surface area (TPSA) is 52.6 Å². The van der Waals surface area contributed by atoms with Crippen molar-refractivity contribution in [2.45, 2.75) is 5.37 Å². The molecule has 0 spiro atoms. The maximum absolute atomic E-state index is 12.7. The van der Waals surface area contributed by atoms with Crippen molar-refractivity contribution in [1.82, 2.24) is 0 Å². The van der Waals surface area contributed by atoms with E-state index in [1.54, 1.807) is 23.9 Å². The fourth-order valence-electron chi connectivity index (χ4n) is 3.47. The molecule has 1 heterocycles. The van der Waals surface area contributed by atoms with Gasteiger partial charge in [-0.05, 0) is 60.2 Å². The predicted octanol–water partition coefficient (Wildman–Crippen LogP) is 6.09. The third-order valence-corrected chi connectivity index (χ3v) is 7.07. The molecular formula is C24H21Cl2N3O2S. The highest BCUT2D eigenvalue weighted by Crippen LogP contribution is 2.42. The van der Waals surface area contributed by atoms with Crippen LogP contribution in [0.25, 0.3) is 0 Å². The van der Waals surface area contributed by atoms with Crippen molar-refractivity contribution in [3.63, 3.8) is 0 Å². The molecule has 1 aliphatic rings. The van der Waals surface area contributed by atoms with Gasteiger partial charge >= 0.3 is 0 Å². The molecule has 0 radical (unpaired) electrons. The number of hydrogen-bond donors (Lipinski definition) is 1. The van der Waals surface area contributed by atoms with Gasteiger partial charge in [-0.25, -0.2) is 0 Å². The van der Waals surface area contributed by atoms with Gasteiger partial charge in [0.2, 0.25) is 5.91 Å². The van der Waals surface area contributed by atoms with Crippen LogP contribution in [-0.2, 0) is 4.79 Å². The number of amides is 2. The molecule has 1 N–H and O–H groups in total. The van der Waals surface area contributed by atoms with Crippen molar-refractivity contribution in [3.8, 4) is 0 Å². The molecule has 0 unspecified atom stereocenters. The van der Waals surface area contributed by atoms with Crippen LogP contribution in [0.4, 0.5) is 17.1 Å². The first-order valence-electron chi connectivity index (χ1n) is 9.91. The van der Waals surface area contributed by atoms with Gasteiger partial charge in [0, 0.05) is 36.7 Å². The Labute approximate surface area is 201 Å². The van der Waals surface area contributed by atoms with E-state index in [1.807, 2.05) is 72.4 Å². The molecule has 1 saturated heterocycles. The zero-order valence-corrected chi connectivity index (χ0v) is 19.8. The van der Waals surface area contributed by atoms with Crippen LogP contribution >= 0.6 is 35.0 Å². The minimum Gasteiger partial charge on any atom is -0.378 e. The molecular weight excluding hydrogens is 465 g/mol. The first-order chi connectivity index (χ1) is 15.3. The number of nitrogens with one attached hydrogen (secondary N) is 1. The minimum atomic E-state index is -0.285. The van der Waals surface area contributed by atoms with E-state index >= 15 is 0 Å². The number of benzene rings is 3. The number of thioether (sulfide) groups is 1. The van der Waals surface area contributed by atoms with Gasteiger partial charge in [0.25, 0.3) is 5.91 Å². The molecule has 2 amide bonds. The monoisotopic (exact) mass is 485 g/mol. The van der Waals surface area contributed by atoms with E-state index in [-0.39, 0.29) is 17.2 Å². The van der Waals surface area contributed by atoms with Crippen molar-refractivity contribution in [3.05, 3.63) is 87.9 Å². The van der Waals surface area contributed by atoms with Crippen LogP contribution in [0, 0.1) is 0 Å². The second kappa shape index (κ2) is 9.45. The first kappa shape index (κ1) is 22.5. The summed E-state index contributed by atoms with van der Waals surface area (Å²) >= 11 is 13.5. The van der Waals surface area contributed by atoms with E-state index in [0.717, 1.165) is 16.9 Å². The summed E-state index contributed by atoms with van der Waals surface area (Å²) in [6.45, 7) is 0. The maximum Gasteiger partial charge on any atom is 0.255 e. The van der Waals surface area contributed by atoms with Gasteiger partial charge in [0.05, 0.1) is 15.8 Å². The third-order valence-electron chi connectivity index (χ3n) is 5.12. The molecule has 32 heavy (non-hydrogen) atoms.